The van der Waals surface area contributed by atoms with E-state index < -0.39 is 30.4 Å². The van der Waals surface area contributed by atoms with E-state index in [1.54, 1.807) is 6.08 Å². The van der Waals surface area contributed by atoms with Crippen LogP contribution in [-0.4, -0.2) is 49.2 Å². The number of carbonyl (C=O) groups is 2. The van der Waals surface area contributed by atoms with Crippen LogP contribution in [0.5, 0.6) is 0 Å². The molecule has 0 spiro atoms. The second-order valence-corrected chi connectivity index (χ2v) is 9.27. The molecule has 1 amide bonds. The third kappa shape index (κ3) is 8.61. The predicted molar refractivity (Wildman–Crippen MR) is 139 cm³/mol. The molecule has 3 aromatic rings. The van der Waals surface area contributed by atoms with E-state index >= 15 is 0 Å². The Morgan fingerprint density at radius 2 is 1.74 bits per heavy atom. The molecule has 0 aliphatic carbocycles. The summed E-state index contributed by atoms with van der Waals surface area (Å²) in [6.07, 6.45) is -0.00523. The van der Waals surface area contributed by atoms with E-state index in [4.69, 9.17) is 5.11 Å². The fourth-order valence-electron chi connectivity index (χ4n) is 3.94. The van der Waals surface area contributed by atoms with Gasteiger partial charge in [-0.25, -0.2) is 9.07 Å². The van der Waals surface area contributed by atoms with E-state index in [-0.39, 0.29) is 54.9 Å². The molecule has 38 heavy (non-hydrogen) atoms. The molecule has 198 valence electrons. The molecule has 0 aliphatic rings. The fraction of sp³-hybridized carbons (Fsp3) is 0.321. The molecule has 2 aromatic carbocycles. The van der Waals surface area contributed by atoms with Gasteiger partial charge in [0.1, 0.15) is 5.82 Å². The number of rotatable bonds is 11. The summed E-state index contributed by atoms with van der Waals surface area (Å²) in [6.45, 7) is 6.12. The Labute approximate surface area is 245 Å². The zero-order valence-electron chi connectivity index (χ0n) is 23.1. The summed E-state index contributed by atoms with van der Waals surface area (Å²) in [5.41, 5.74) is 3.90. The number of amides is 1. The maximum absolute atomic E-state index is 13.6. The van der Waals surface area contributed by atoms with Crippen molar-refractivity contribution in [3.05, 3.63) is 88.5 Å². The first-order valence-corrected chi connectivity index (χ1v) is 12.0. The molecule has 0 unspecified atom stereocenters. The van der Waals surface area contributed by atoms with Gasteiger partial charge in [0.25, 0.3) is 5.91 Å². The monoisotopic (exact) mass is 533 g/mol. The summed E-state index contributed by atoms with van der Waals surface area (Å²) < 4.78 is 15.1. The summed E-state index contributed by atoms with van der Waals surface area (Å²) in [4.78, 5) is 24.0. The smallest absolute Gasteiger partial charge is 1.00 e. The first kappa shape index (κ1) is 31.4. The number of aliphatic carboxylic acids is 1. The van der Waals surface area contributed by atoms with Crippen LogP contribution in [0.4, 0.5) is 4.39 Å². The van der Waals surface area contributed by atoms with Gasteiger partial charge in [0.05, 0.1) is 30.0 Å². The normalized spacial score (nSPS) is 12.8. The van der Waals surface area contributed by atoms with E-state index in [1.807, 2.05) is 45.0 Å². The minimum atomic E-state index is -1.22. The molecule has 0 saturated heterocycles. The van der Waals surface area contributed by atoms with Crippen molar-refractivity contribution in [3.8, 4) is 5.69 Å². The van der Waals surface area contributed by atoms with Crippen LogP contribution in [0.25, 0.3) is 11.8 Å². The fourth-order valence-corrected chi connectivity index (χ4v) is 3.94. The number of aliphatic hydroxyl groups excluding tert-OH is 2. The van der Waals surface area contributed by atoms with E-state index in [0.717, 1.165) is 11.1 Å². The summed E-state index contributed by atoms with van der Waals surface area (Å²) in [5, 5.41) is 36.5. The van der Waals surface area contributed by atoms with Crippen molar-refractivity contribution in [1.29, 1.82) is 0 Å². The molecule has 1 heterocycles. The van der Waals surface area contributed by atoms with Gasteiger partial charge in [-0.05, 0) is 48.7 Å². The van der Waals surface area contributed by atoms with Crippen molar-refractivity contribution >= 4 is 18.0 Å². The third-order valence-corrected chi connectivity index (χ3v) is 5.80. The molecule has 0 radical (unpaired) electrons. The zero-order chi connectivity index (χ0) is 27.1. The molecule has 2 atom stereocenters. The molecule has 4 N–H and O–H groups in total. The van der Waals surface area contributed by atoms with Crippen molar-refractivity contribution in [2.45, 2.75) is 58.3 Å². The SMILES string of the molecule is Cc1ccc(CNC(=O)c2nn(-c3ccc(F)cc3)c(C=C[C@H](O)C[C@@H](O)CC(=O)O)c2C(C)C)cc1.[H-].[Na+]. The number of carbonyl (C=O) groups excluding carboxylic acids is 1. The van der Waals surface area contributed by atoms with Crippen LogP contribution in [0.3, 0.4) is 0 Å². The Morgan fingerprint density at radius 3 is 2.32 bits per heavy atom. The summed E-state index contributed by atoms with van der Waals surface area (Å²) in [6, 6.07) is 13.4. The minimum absolute atomic E-state index is 0. The van der Waals surface area contributed by atoms with Gasteiger partial charge in [-0.1, -0.05) is 49.8 Å². The van der Waals surface area contributed by atoms with Crippen molar-refractivity contribution in [2.24, 2.45) is 0 Å². The van der Waals surface area contributed by atoms with Crippen molar-refractivity contribution < 1.29 is 60.3 Å². The van der Waals surface area contributed by atoms with Gasteiger partial charge in [0.15, 0.2) is 5.69 Å². The quantitative estimate of drug-likeness (QED) is 0.274. The van der Waals surface area contributed by atoms with Crippen LogP contribution in [-0.2, 0) is 11.3 Å². The van der Waals surface area contributed by atoms with E-state index in [9.17, 15) is 24.2 Å². The van der Waals surface area contributed by atoms with Crippen molar-refractivity contribution in [2.75, 3.05) is 0 Å². The molecular weight excluding hydrogens is 500 g/mol. The third-order valence-electron chi connectivity index (χ3n) is 5.80. The Bertz CT molecular complexity index is 1260. The van der Waals surface area contributed by atoms with Crippen molar-refractivity contribution in [1.82, 2.24) is 15.1 Å². The van der Waals surface area contributed by atoms with Gasteiger partial charge < -0.3 is 22.1 Å². The second kappa shape index (κ2) is 14.4. The van der Waals surface area contributed by atoms with Gasteiger partial charge in [-0.3, -0.25) is 9.59 Å². The van der Waals surface area contributed by atoms with E-state index in [0.29, 0.717) is 23.5 Å². The van der Waals surface area contributed by atoms with Gasteiger partial charge in [-0.15, -0.1) is 0 Å². The number of aliphatic hydroxyl groups is 2. The Morgan fingerprint density at radius 1 is 1.11 bits per heavy atom. The zero-order valence-corrected chi connectivity index (χ0v) is 24.1. The van der Waals surface area contributed by atoms with Gasteiger partial charge in [-0.2, -0.15) is 5.10 Å². The number of aromatic nitrogens is 2. The van der Waals surface area contributed by atoms with E-state index in [1.165, 1.54) is 35.0 Å². The maximum Gasteiger partial charge on any atom is 1.00 e. The van der Waals surface area contributed by atoms with Crippen LogP contribution in [0.2, 0.25) is 0 Å². The molecule has 1 aromatic heterocycles. The second-order valence-electron chi connectivity index (χ2n) is 9.27. The Balaban J connectivity index is 0.00000380. The minimum Gasteiger partial charge on any atom is -1.00 e. The van der Waals surface area contributed by atoms with Crippen LogP contribution in [0.1, 0.15) is 66.9 Å². The number of nitrogens with zero attached hydrogens (tertiary/aromatic N) is 2. The predicted octanol–water partition coefficient (Wildman–Crippen LogP) is 1.09. The summed E-state index contributed by atoms with van der Waals surface area (Å²) >= 11 is 0. The number of benzene rings is 2. The van der Waals surface area contributed by atoms with Gasteiger partial charge in [0.2, 0.25) is 0 Å². The van der Waals surface area contributed by atoms with E-state index in [2.05, 4.69) is 10.4 Å². The average Bonchev–Trinajstić information content (AvgIpc) is 3.22. The molecule has 10 heteroatoms. The molecule has 3 rings (SSSR count). The maximum atomic E-state index is 13.6. The molecule has 8 nitrogen and oxygen atoms in total. The van der Waals surface area contributed by atoms with Gasteiger partial charge >= 0.3 is 35.5 Å². The topological polar surface area (TPSA) is 125 Å². The van der Waals surface area contributed by atoms with Crippen LogP contribution < -0.4 is 34.9 Å². The van der Waals surface area contributed by atoms with Crippen molar-refractivity contribution in [3.63, 3.8) is 0 Å². The molecule has 0 bridgehead atoms. The van der Waals surface area contributed by atoms with Gasteiger partial charge in [0, 0.05) is 18.5 Å². The van der Waals surface area contributed by atoms with Crippen LogP contribution in [0, 0.1) is 12.7 Å². The number of nitrogens with one attached hydrogen (secondary N) is 1. The number of hydrogen-bond acceptors (Lipinski definition) is 5. The summed E-state index contributed by atoms with van der Waals surface area (Å²) in [7, 11) is 0. The average molecular weight is 534 g/mol. The first-order valence-electron chi connectivity index (χ1n) is 12.0. The number of carboxylic acids is 1. The number of halogens is 1. The Kier molecular flexibility index (Phi) is 11.9. The summed E-state index contributed by atoms with van der Waals surface area (Å²) in [5.74, 6) is -2.10. The molecule has 0 saturated carbocycles. The first-order chi connectivity index (χ1) is 17.5. The molecule has 0 fully saturated rings. The van der Waals surface area contributed by atoms with Crippen LogP contribution >= 0.6 is 0 Å². The number of hydrogen-bond donors (Lipinski definition) is 4. The molecular formula is C28H33FN3NaO5. The largest absolute Gasteiger partial charge is 1.00 e. The number of aryl methyl sites for hydroxylation is 1. The Hall–Kier alpha value is -2.82. The number of carboxylic acid groups (broad SMARTS) is 1. The standard InChI is InChI=1S/C28H32FN3O5.Na.H/c1-17(2)26-24(13-12-22(33)14-23(34)15-25(35)36)32(21-10-8-20(29)9-11-21)31-27(26)28(37)30-16-19-6-4-18(3)5-7-19;;/h4-13,17,22-23,33-34H,14-16H2,1-3H3,(H,30,37)(H,35,36);;/q;+1;-1/t22-,23+;;/m0../s1. The molecule has 0 aliphatic heterocycles. The van der Waals surface area contributed by atoms with Crippen LogP contribution in [0.15, 0.2) is 54.6 Å².